The summed E-state index contributed by atoms with van der Waals surface area (Å²) in [5, 5.41) is 21.3. The minimum absolute atomic E-state index is 0.0752. The summed E-state index contributed by atoms with van der Waals surface area (Å²) in [5.74, 6) is -0.187. The molecule has 1 amide bonds. The van der Waals surface area contributed by atoms with Crippen LogP contribution in [0.25, 0.3) is 0 Å². The van der Waals surface area contributed by atoms with Crippen LogP contribution in [0.4, 0.5) is 0 Å². The van der Waals surface area contributed by atoms with Crippen LogP contribution in [-0.4, -0.2) is 32.7 Å². The van der Waals surface area contributed by atoms with Crippen LogP contribution >= 0.6 is 0 Å². The number of nitrogens with two attached hydrogens (primary N) is 1. The number of amidine groups is 1. The Morgan fingerprint density at radius 2 is 2.11 bits per heavy atom. The molecule has 0 atom stereocenters. The average Bonchev–Trinajstić information content (AvgIpc) is 2.86. The van der Waals surface area contributed by atoms with E-state index in [1.165, 1.54) is 12.4 Å². The van der Waals surface area contributed by atoms with Crippen molar-refractivity contribution >= 4 is 11.7 Å². The fourth-order valence-electron chi connectivity index (χ4n) is 2.54. The van der Waals surface area contributed by atoms with Gasteiger partial charge in [-0.15, -0.1) is 0 Å². The summed E-state index contributed by atoms with van der Waals surface area (Å²) in [6.07, 6.45) is 8.44. The van der Waals surface area contributed by atoms with E-state index in [1.807, 2.05) is 0 Å². The Balaban J connectivity index is 2.20. The van der Waals surface area contributed by atoms with E-state index in [9.17, 15) is 4.79 Å². The number of hydrogen-bond donors (Lipinski definition) is 4. The molecule has 1 aromatic rings. The fourth-order valence-corrected chi connectivity index (χ4v) is 2.54. The molecule has 0 unspecified atom stereocenters. The van der Waals surface area contributed by atoms with Gasteiger partial charge in [-0.1, -0.05) is 30.8 Å². The lowest BCUT2D eigenvalue weighted by molar-refractivity contribution is 0.0915. The molecule has 1 heterocycles. The number of carbonyl (C=O) groups is 1. The monoisotopic (exact) mass is 265 g/mol. The van der Waals surface area contributed by atoms with Gasteiger partial charge in [0.25, 0.3) is 5.91 Å². The maximum Gasteiger partial charge on any atom is 0.255 e. The van der Waals surface area contributed by atoms with Crippen molar-refractivity contribution in [3.05, 3.63) is 18.0 Å². The zero-order valence-electron chi connectivity index (χ0n) is 10.7. The van der Waals surface area contributed by atoms with Crippen LogP contribution in [0.3, 0.4) is 0 Å². The molecule has 1 saturated carbocycles. The maximum atomic E-state index is 12.1. The quantitative estimate of drug-likeness (QED) is 0.214. The maximum absolute atomic E-state index is 12.1. The zero-order chi connectivity index (χ0) is 13.7. The third-order valence-corrected chi connectivity index (χ3v) is 3.67. The van der Waals surface area contributed by atoms with Crippen molar-refractivity contribution in [3.8, 4) is 0 Å². The van der Waals surface area contributed by atoms with Crippen molar-refractivity contribution in [2.24, 2.45) is 10.9 Å². The number of nitrogens with one attached hydrogen (secondary N) is 2. The fraction of sp³-hybridized carbons (Fsp3) is 0.583. The van der Waals surface area contributed by atoms with E-state index in [0.29, 0.717) is 18.4 Å². The normalized spacial score (nSPS) is 19.7. The Labute approximate surface area is 111 Å². The Bertz CT molecular complexity index is 447. The topological polar surface area (TPSA) is 116 Å². The van der Waals surface area contributed by atoms with Crippen molar-refractivity contribution in [1.82, 2.24) is 15.5 Å². The van der Waals surface area contributed by atoms with E-state index in [2.05, 4.69) is 20.7 Å². The molecule has 1 fully saturated rings. The van der Waals surface area contributed by atoms with Crippen LogP contribution in [0, 0.1) is 0 Å². The van der Waals surface area contributed by atoms with Gasteiger partial charge in [-0.3, -0.25) is 9.89 Å². The SMILES string of the molecule is NC(=NO)C1(NC(=O)c2cn[nH]c2)CCCCCC1. The van der Waals surface area contributed by atoms with Crippen LogP contribution in [-0.2, 0) is 0 Å². The van der Waals surface area contributed by atoms with Gasteiger partial charge in [-0.25, -0.2) is 0 Å². The van der Waals surface area contributed by atoms with Crippen molar-refractivity contribution < 1.29 is 10.0 Å². The standard InChI is InChI=1S/C12H19N5O2/c13-11(17-19)12(5-3-1-2-4-6-12)16-10(18)9-7-14-15-8-9/h7-8,19H,1-6H2,(H2,13,17)(H,14,15)(H,16,18). The average molecular weight is 265 g/mol. The Kier molecular flexibility index (Phi) is 4.03. The molecular formula is C12H19N5O2. The van der Waals surface area contributed by atoms with Crippen molar-refractivity contribution in [1.29, 1.82) is 0 Å². The lowest BCUT2D eigenvalue weighted by atomic mass is 9.88. The minimum atomic E-state index is -0.750. The lowest BCUT2D eigenvalue weighted by Crippen LogP contribution is -2.57. The van der Waals surface area contributed by atoms with E-state index in [0.717, 1.165) is 25.7 Å². The van der Waals surface area contributed by atoms with Gasteiger partial charge in [-0.2, -0.15) is 5.10 Å². The van der Waals surface area contributed by atoms with Gasteiger partial charge in [0.2, 0.25) is 0 Å². The lowest BCUT2D eigenvalue weighted by Gasteiger charge is -2.32. The Hall–Kier alpha value is -2.05. The number of oxime groups is 1. The number of carbonyl (C=O) groups excluding carboxylic acids is 1. The first-order valence-corrected chi connectivity index (χ1v) is 6.47. The smallest absolute Gasteiger partial charge is 0.255 e. The predicted molar refractivity (Wildman–Crippen MR) is 69.9 cm³/mol. The first-order valence-electron chi connectivity index (χ1n) is 6.47. The van der Waals surface area contributed by atoms with Gasteiger partial charge in [0.15, 0.2) is 5.84 Å². The number of nitrogens with zero attached hydrogens (tertiary/aromatic N) is 2. The second-order valence-corrected chi connectivity index (χ2v) is 4.92. The molecule has 0 aromatic carbocycles. The highest BCUT2D eigenvalue weighted by Gasteiger charge is 2.37. The summed E-state index contributed by atoms with van der Waals surface area (Å²) in [6, 6.07) is 0. The molecule has 1 aliphatic rings. The van der Waals surface area contributed by atoms with Crippen LogP contribution < -0.4 is 11.1 Å². The number of aromatic nitrogens is 2. The first-order chi connectivity index (χ1) is 9.18. The molecule has 0 spiro atoms. The van der Waals surface area contributed by atoms with Crippen LogP contribution in [0.5, 0.6) is 0 Å². The second kappa shape index (κ2) is 5.73. The summed E-state index contributed by atoms with van der Waals surface area (Å²) in [7, 11) is 0. The molecule has 5 N–H and O–H groups in total. The number of rotatable bonds is 3. The highest BCUT2D eigenvalue weighted by Crippen LogP contribution is 2.27. The third kappa shape index (κ3) is 2.86. The summed E-state index contributed by atoms with van der Waals surface area (Å²) in [6.45, 7) is 0. The number of aromatic amines is 1. The van der Waals surface area contributed by atoms with Gasteiger partial charge < -0.3 is 16.3 Å². The highest BCUT2D eigenvalue weighted by molar-refractivity contribution is 6.00. The summed E-state index contributed by atoms with van der Waals surface area (Å²) in [5.41, 5.74) is 5.50. The molecule has 2 rings (SSSR count). The molecule has 0 saturated heterocycles. The Morgan fingerprint density at radius 1 is 1.42 bits per heavy atom. The van der Waals surface area contributed by atoms with Gasteiger partial charge in [0.1, 0.15) is 5.54 Å². The molecule has 1 aromatic heterocycles. The summed E-state index contributed by atoms with van der Waals surface area (Å²) < 4.78 is 0. The number of hydrogen-bond acceptors (Lipinski definition) is 4. The van der Waals surface area contributed by atoms with Crippen molar-refractivity contribution in [2.45, 2.75) is 44.1 Å². The van der Waals surface area contributed by atoms with E-state index in [1.54, 1.807) is 0 Å². The van der Waals surface area contributed by atoms with Crippen molar-refractivity contribution in [3.63, 3.8) is 0 Å². The van der Waals surface area contributed by atoms with Crippen LogP contribution in [0.15, 0.2) is 17.5 Å². The summed E-state index contributed by atoms with van der Waals surface area (Å²) >= 11 is 0. The zero-order valence-corrected chi connectivity index (χ0v) is 10.7. The van der Waals surface area contributed by atoms with Gasteiger partial charge in [0, 0.05) is 6.20 Å². The highest BCUT2D eigenvalue weighted by atomic mass is 16.4. The van der Waals surface area contributed by atoms with E-state index in [4.69, 9.17) is 10.9 Å². The molecule has 7 nitrogen and oxygen atoms in total. The van der Waals surface area contributed by atoms with Gasteiger partial charge >= 0.3 is 0 Å². The van der Waals surface area contributed by atoms with E-state index < -0.39 is 5.54 Å². The van der Waals surface area contributed by atoms with E-state index >= 15 is 0 Å². The third-order valence-electron chi connectivity index (χ3n) is 3.67. The molecule has 0 aliphatic heterocycles. The molecular weight excluding hydrogens is 246 g/mol. The number of amides is 1. The second-order valence-electron chi connectivity index (χ2n) is 4.92. The summed E-state index contributed by atoms with van der Waals surface area (Å²) in [4.78, 5) is 12.1. The largest absolute Gasteiger partial charge is 0.409 e. The molecule has 0 radical (unpaired) electrons. The minimum Gasteiger partial charge on any atom is -0.409 e. The molecule has 104 valence electrons. The number of H-pyrrole nitrogens is 1. The molecule has 7 heteroatoms. The predicted octanol–water partition coefficient (Wildman–Crippen LogP) is 0.979. The molecule has 1 aliphatic carbocycles. The van der Waals surface area contributed by atoms with Gasteiger partial charge in [0.05, 0.1) is 11.8 Å². The molecule has 0 bridgehead atoms. The Morgan fingerprint density at radius 3 is 2.63 bits per heavy atom. The van der Waals surface area contributed by atoms with Crippen LogP contribution in [0.2, 0.25) is 0 Å². The van der Waals surface area contributed by atoms with Gasteiger partial charge in [-0.05, 0) is 12.8 Å². The molecule has 19 heavy (non-hydrogen) atoms. The van der Waals surface area contributed by atoms with Crippen molar-refractivity contribution in [2.75, 3.05) is 0 Å². The van der Waals surface area contributed by atoms with E-state index in [-0.39, 0.29) is 11.7 Å². The van der Waals surface area contributed by atoms with Crippen LogP contribution in [0.1, 0.15) is 48.9 Å². The first kappa shape index (κ1) is 13.4.